The van der Waals surface area contributed by atoms with E-state index in [9.17, 15) is 4.79 Å². The van der Waals surface area contributed by atoms with Crippen molar-refractivity contribution in [2.75, 3.05) is 0 Å². The molecule has 0 heterocycles. The van der Waals surface area contributed by atoms with Crippen LogP contribution < -0.4 is 0 Å². The fraction of sp³-hybridized carbons (Fsp3) is 0.273. The van der Waals surface area contributed by atoms with E-state index in [0.717, 1.165) is 14.7 Å². The number of nitriles is 1. The van der Waals surface area contributed by atoms with Gasteiger partial charge in [0, 0.05) is 9.99 Å². The lowest BCUT2D eigenvalue weighted by Crippen LogP contribution is -2.03. The highest BCUT2D eigenvalue weighted by Gasteiger charge is 2.08. The largest absolute Gasteiger partial charge is 0.300 e. The summed E-state index contributed by atoms with van der Waals surface area (Å²) in [6.07, 6.45) is 0.801. The Bertz CT molecular complexity index is 393. The second kappa shape index (κ2) is 5.11. The SMILES string of the molecule is CC(=O)Cc1c(I)cccc1CC#N. The molecule has 0 aliphatic rings. The van der Waals surface area contributed by atoms with Gasteiger partial charge in [0.25, 0.3) is 0 Å². The quantitative estimate of drug-likeness (QED) is 0.805. The van der Waals surface area contributed by atoms with Gasteiger partial charge in [0.15, 0.2) is 0 Å². The first kappa shape index (κ1) is 11.2. The van der Waals surface area contributed by atoms with Crippen LogP contribution in [0.15, 0.2) is 18.2 Å². The summed E-state index contributed by atoms with van der Waals surface area (Å²) in [5, 5.41) is 8.63. The first-order valence-corrected chi connectivity index (χ1v) is 5.35. The lowest BCUT2D eigenvalue weighted by Gasteiger charge is -2.07. The van der Waals surface area contributed by atoms with Crippen LogP contribution in [0.2, 0.25) is 0 Å². The Morgan fingerprint density at radius 3 is 2.86 bits per heavy atom. The molecular weight excluding hydrogens is 289 g/mol. The molecule has 0 atom stereocenters. The van der Waals surface area contributed by atoms with Gasteiger partial charge < -0.3 is 0 Å². The Morgan fingerprint density at radius 1 is 1.57 bits per heavy atom. The van der Waals surface area contributed by atoms with Gasteiger partial charge in [-0.1, -0.05) is 12.1 Å². The molecule has 72 valence electrons. The van der Waals surface area contributed by atoms with Crippen molar-refractivity contribution in [3.05, 3.63) is 32.9 Å². The van der Waals surface area contributed by atoms with Gasteiger partial charge in [-0.2, -0.15) is 5.26 Å². The van der Waals surface area contributed by atoms with E-state index in [1.807, 2.05) is 18.2 Å². The summed E-state index contributed by atoms with van der Waals surface area (Å²) >= 11 is 2.20. The van der Waals surface area contributed by atoms with E-state index in [2.05, 4.69) is 28.7 Å². The molecule has 1 aromatic carbocycles. The zero-order chi connectivity index (χ0) is 10.6. The molecule has 14 heavy (non-hydrogen) atoms. The van der Waals surface area contributed by atoms with Crippen LogP contribution >= 0.6 is 22.6 Å². The molecular formula is C11H10INO. The van der Waals surface area contributed by atoms with Gasteiger partial charge in [0.2, 0.25) is 0 Å². The zero-order valence-electron chi connectivity index (χ0n) is 7.88. The Labute approximate surface area is 97.1 Å². The number of benzene rings is 1. The molecule has 0 aliphatic heterocycles. The first-order valence-electron chi connectivity index (χ1n) is 4.27. The van der Waals surface area contributed by atoms with Crippen molar-refractivity contribution in [2.45, 2.75) is 19.8 Å². The maximum atomic E-state index is 11.0. The molecule has 0 saturated carbocycles. The summed E-state index contributed by atoms with van der Waals surface area (Å²) < 4.78 is 1.06. The summed E-state index contributed by atoms with van der Waals surface area (Å²) in [7, 11) is 0. The fourth-order valence-corrected chi connectivity index (χ4v) is 2.05. The summed E-state index contributed by atoms with van der Waals surface area (Å²) in [5.74, 6) is 0.133. The third-order valence-corrected chi connectivity index (χ3v) is 2.92. The van der Waals surface area contributed by atoms with Gasteiger partial charge in [-0.15, -0.1) is 0 Å². The Morgan fingerprint density at radius 2 is 2.29 bits per heavy atom. The predicted octanol–water partition coefficient (Wildman–Crippen LogP) is 2.49. The van der Waals surface area contributed by atoms with Crippen molar-refractivity contribution in [3.63, 3.8) is 0 Å². The van der Waals surface area contributed by atoms with Crippen LogP contribution in [0.25, 0.3) is 0 Å². The Balaban J connectivity index is 3.09. The van der Waals surface area contributed by atoms with Crippen molar-refractivity contribution in [3.8, 4) is 6.07 Å². The minimum Gasteiger partial charge on any atom is -0.300 e. The third-order valence-electron chi connectivity index (χ3n) is 1.91. The van der Waals surface area contributed by atoms with Gasteiger partial charge >= 0.3 is 0 Å². The van der Waals surface area contributed by atoms with Crippen molar-refractivity contribution >= 4 is 28.4 Å². The monoisotopic (exact) mass is 299 g/mol. The minimum absolute atomic E-state index is 0.133. The van der Waals surface area contributed by atoms with Crippen molar-refractivity contribution < 1.29 is 4.79 Å². The molecule has 0 spiro atoms. The molecule has 0 aromatic heterocycles. The molecule has 0 amide bonds. The number of hydrogen-bond donors (Lipinski definition) is 0. The normalized spacial score (nSPS) is 9.50. The molecule has 0 unspecified atom stereocenters. The molecule has 3 heteroatoms. The molecule has 2 nitrogen and oxygen atoms in total. The summed E-state index contributed by atoms with van der Waals surface area (Å²) in [4.78, 5) is 11.0. The number of hydrogen-bond acceptors (Lipinski definition) is 2. The highest BCUT2D eigenvalue weighted by Crippen LogP contribution is 2.18. The lowest BCUT2D eigenvalue weighted by atomic mass is 10.0. The molecule has 1 aromatic rings. The van der Waals surface area contributed by atoms with Crippen molar-refractivity contribution in [2.24, 2.45) is 0 Å². The van der Waals surface area contributed by atoms with E-state index in [0.29, 0.717) is 12.8 Å². The number of ketones is 1. The molecule has 0 aliphatic carbocycles. The number of rotatable bonds is 3. The maximum absolute atomic E-state index is 11.0. The van der Waals surface area contributed by atoms with Crippen molar-refractivity contribution in [1.82, 2.24) is 0 Å². The van der Waals surface area contributed by atoms with Gasteiger partial charge in [0.05, 0.1) is 12.5 Å². The van der Waals surface area contributed by atoms with Gasteiger partial charge in [-0.25, -0.2) is 0 Å². The average Bonchev–Trinajstić information content (AvgIpc) is 2.11. The van der Waals surface area contributed by atoms with Crippen LogP contribution in [0.3, 0.4) is 0 Å². The molecule has 0 fully saturated rings. The molecule has 0 saturated heterocycles. The summed E-state index contributed by atoms with van der Waals surface area (Å²) in [6, 6.07) is 7.89. The van der Waals surface area contributed by atoms with E-state index in [-0.39, 0.29) is 5.78 Å². The van der Waals surface area contributed by atoms with E-state index in [1.165, 1.54) is 0 Å². The number of carbonyl (C=O) groups is 1. The standard InChI is InChI=1S/C11H10INO/c1-8(14)7-10-9(5-6-13)3-2-4-11(10)12/h2-4H,5,7H2,1H3. The summed E-state index contributed by atoms with van der Waals surface area (Å²) in [5.41, 5.74) is 1.97. The number of Topliss-reactive ketones (excluding diaryl/α,β-unsaturated/α-hetero) is 1. The smallest absolute Gasteiger partial charge is 0.134 e. The summed E-state index contributed by atoms with van der Waals surface area (Å²) in [6.45, 7) is 1.57. The highest BCUT2D eigenvalue weighted by atomic mass is 127. The number of carbonyl (C=O) groups excluding carboxylic acids is 1. The van der Waals surface area contributed by atoms with Crippen LogP contribution in [0.5, 0.6) is 0 Å². The highest BCUT2D eigenvalue weighted by molar-refractivity contribution is 14.1. The fourth-order valence-electron chi connectivity index (χ4n) is 1.30. The van der Waals surface area contributed by atoms with Crippen LogP contribution in [0.4, 0.5) is 0 Å². The van der Waals surface area contributed by atoms with E-state index < -0.39 is 0 Å². The van der Waals surface area contributed by atoms with Crippen LogP contribution in [-0.2, 0) is 17.6 Å². The molecule has 0 bridgehead atoms. The molecule has 1 rings (SSSR count). The molecule has 0 N–H and O–H groups in total. The zero-order valence-corrected chi connectivity index (χ0v) is 10.0. The minimum atomic E-state index is 0.133. The number of halogens is 1. The van der Waals surface area contributed by atoms with Crippen LogP contribution in [-0.4, -0.2) is 5.78 Å². The maximum Gasteiger partial charge on any atom is 0.134 e. The topological polar surface area (TPSA) is 40.9 Å². The van der Waals surface area contributed by atoms with Gasteiger partial charge in [-0.3, -0.25) is 4.79 Å². The van der Waals surface area contributed by atoms with Gasteiger partial charge in [-0.05, 0) is 46.7 Å². The Kier molecular flexibility index (Phi) is 4.08. The lowest BCUT2D eigenvalue weighted by molar-refractivity contribution is -0.116. The first-order chi connectivity index (χ1) is 6.65. The third kappa shape index (κ3) is 2.81. The second-order valence-electron chi connectivity index (χ2n) is 3.09. The predicted molar refractivity (Wildman–Crippen MR) is 62.9 cm³/mol. The molecule has 0 radical (unpaired) electrons. The van der Waals surface area contributed by atoms with Crippen LogP contribution in [0, 0.1) is 14.9 Å². The van der Waals surface area contributed by atoms with Gasteiger partial charge in [0.1, 0.15) is 5.78 Å². The van der Waals surface area contributed by atoms with E-state index >= 15 is 0 Å². The Hall–Kier alpha value is -0.890. The second-order valence-corrected chi connectivity index (χ2v) is 4.25. The van der Waals surface area contributed by atoms with E-state index in [1.54, 1.807) is 6.92 Å². The van der Waals surface area contributed by atoms with Crippen molar-refractivity contribution in [1.29, 1.82) is 5.26 Å². The van der Waals surface area contributed by atoms with E-state index in [4.69, 9.17) is 5.26 Å². The van der Waals surface area contributed by atoms with Crippen LogP contribution in [0.1, 0.15) is 18.1 Å². The number of nitrogens with zero attached hydrogens (tertiary/aromatic N) is 1. The average molecular weight is 299 g/mol.